The Kier molecular flexibility index (Phi) is 4.52. The summed E-state index contributed by atoms with van der Waals surface area (Å²) in [7, 11) is 0. The summed E-state index contributed by atoms with van der Waals surface area (Å²) in [4.78, 5) is 16.2. The van der Waals surface area contributed by atoms with Gasteiger partial charge in [-0.15, -0.1) is 0 Å². The number of hydrogen-bond donors (Lipinski definition) is 1. The number of carbonyl (C=O) groups is 1. The van der Waals surface area contributed by atoms with Crippen LogP contribution in [0.3, 0.4) is 0 Å². The van der Waals surface area contributed by atoms with Gasteiger partial charge in [-0.05, 0) is 35.9 Å². The molecular formula is C19H13F3N2O. The number of nitrogens with zero attached hydrogens (tertiary/aromatic N) is 1. The number of para-hydroxylation sites is 1. The quantitative estimate of drug-likeness (QED) is 0.688. The molecule has 0 unspecified atom stereocenters. The third kappa shape index (κ3) is 4.23. The molecule has 0 saturated heterocycles. The summed E-state index contributed by atoms with van der Waals surface area (Å²) >= 11 is 0. The molecule has 1 aromatic heterocycles. The molecule has 0 aliphatic heterocycles. The Balaban J connectivity index is 1.72. The first kappa shape index (κ1) is 16.7. The molecule has 0 atom stereocenters. The van der Waals surface area contributed by atoms with Crippen LogP contribution in [0.15, 0.2) is 66.9 Å². The topological polar surface area (TPSA) is 42.0 Å². The molecule has 0 aliphatic carbocycles. The third-order valence-electron chi connectivity index (χ3n) is 3.50. The fourth-order valence-corrected chi connectivity index (χ4v) is 2.31. The summed E-state index contributed by atoms with van der Waals surface area (Å²) in [6.07, 6.45) is -0.370. The molecule has 0 spiro atoms. The van der Waals surface area contributed by atoms with Crippen LogP contribution in [0.25, 0.3) is 17.0 Å². The van der Waals surface area contributed by atoms with Gasteiger partial charge in [0.2, 0.25) is 5.91 Å². The smallest absolute Gasteiger partial charge is 0.321 e. The predicted octanol–water partition coefficient (Wildman–Crippen LogP) is 4.91. The van der Waals surface area contributed by atoms with E-state index < -0.39 is 17.6 Å². The number of hydrogen-bond acceptors (Lipinski definition) is 2. The van der Waals surface area contributed by atoms with E-state index in [1.165, 1.54) is 30.5 Å². The van der Waals surface area contributed by atoms with E-state index in [9.17, 15) is 18.0 Å². The van der Waals surface area contributed by atoms with E-state index in [4.69, 9.17) is 0 Å². The minimum absolute atomic E-state index is 0.293. The van der Waals surface area contributed by atoms with E-state index in [1.54, 1.807) is 6.07 Å². The van der Waals surface area contributed by atoms with E-state index in [2.05, 4.69) is 10.3 Å². The molecule has 3 rings (SSSR count). The minimum Gasteiger partial charge on any atom is -0.321 e. The molecular weight excluding hydrogens is 329 g/mol. The Morgan fingerprint density at radius 1 is 1.04 bits per heavy atom. The average molecular weight is 342 g/mol. The Morgan fingerprint density at radius 2 is 1.84 bits per heavy atom. The lowest BCUT2D eigenvalue weighted by molar-refractivity contribution is -0.137. The van der Waals surface area contributed by atoms with Crippen LogP contribution < -0.4 is 5.32 Å². The van der Waals surface area contributed by atoms with E-state index in [-0.39, 0.29) is 0 Å². The van der Waals surface area contributed by atoms with E-state index >= 15 is 0 Å². The van der Waals surface area contributed by atoms with Gasteiger partial charge in [-0.2, -0.15) is 13.2 Å². The first-order chi connectivity index (χ1) is 11.9. The monoisotopic (exact) mass is 342 g/mol. The molecule has 126 valence electrons. The van der Waals surface area contributed by atoms with E-state index in [0.717, 1.165) is 23.0 Å². The highest BCUT2D eigenvalue weighted by Gasteiger charge is 2.30. The fourth-order valence-electron chi connectivity index (χ4n) is 2.31. The Bertz CT molecular complexity index is 949. The summed E-state index contributed by atoms with van der Waals surface area (Å²) in [5.41, 5.74) is 0.854. The van der Waals surface area contributed by atoms with Crippen molar-refractivity contribution < 1.29 is 18.0 Å². The molecule has 3 aromatic rings. The number of nitrogens with one attached hydrogen (secondary N) is 1. The van der Waals surface area contributed by atoms with Gasteiger partial charge in [-0.25, -0.2) is 0 Å². The maximum absolute atomic E-state index is 12.7. The molecule has 0 saturated carbocycles. The van der Waals surface area contributed by atoms with Crippen LogP contribution >= 0.6 is 0 Å². The van der Waals surface area contributed by atoms with Gasteiger partial charge in [0.1, 0.15) is 0 Å². The van der Waals surface area contributed by atoms with Crippen molar-refractivity contribution in [2.24, 2.45) is 0 Å². The number of anilines is 1. The van der Waals surface area contributed by atoms with Crippen molar-refractivity contribution >= 4 is 28.6 Å². The largest absolute Gasteiger partial charge is 0.416 e. The van der Waals surface area contributed by atoms with Crippen molar-refractivity contribution in [2.75, 3.05) is 5.32 Å². The van der Waals surface area contributed by atoms with Crippen molar-refractivity contribution in [3.8, 4) is 0 Å². The van der Waals surface area contributed by atoms with Crippen LogP contribution in [0.1, 0.15) is 11.1 Å². The summed E-state index contributed by atoms with van der Waals surface area (Å²) in [5.74, 6) is -0.450. The number of rotatable bonds is 3. The molecule has 2 aromatic carbocycles. The number of benzene rings is 2. The zero-order valence-electron chi connectivity index (χ0n) is 12.9. The van der Waals surface area contributed by atoms with Gasteiger partial charge in [-0.3, -0.25) is 9.78 Å². The zero-order valence-corrected chi connectivity index (χ0v) is 12.9. The van der Waals surface area contributed by atoms with Gasteiger partial charge in [0.25, 0.3) is 0 Å². The van der Waals surface area contributed by atoms with Crippen molar-refractivity contribution in [3.05, 3.63) is 78.0 Å². The van der Waals surface area contributed by atoms with Crippen molar-refractivity contribution in [2.45, 2.75) is 6.18 Å². The zero-order chi connectivity index (χ0) is 17.9. The second-order valence-corrected chi connectivity index (χ2v) is 5.36. The number of fused-ring (bicyclic) bond motifs is 1. The minimum atomic E-state index is -4.41. The first-order valence-electron chi connectivity index (χ1n) is 7.43. The number of halogens is 3. The second-order valence-electron chi connectivity index (χ2n) is 5.36. The normalized spacial score (nSPS) is 11.8. The third-order valence-corrected chi connectivity index (χ3v) is 3.50. The van der Waals surface area contributed by atoms with Crippen LogP contribution in [-0.2, 0) is 11.0 Å². The van der Waals surface area contributed by atoms with Gasteiger partial charge in [-0.1, -0.05) is 30.3 Å². The summed E-state index contributed by atoms with van der Waals surface area (Å²) in [6.45, 7) is 0. The standard InChI is InChI=1S/C19H13F3N2O/c20-19(21,22)15-6-3-4-13(10-15)8-9-18(25)24-16-11-14-5-1-2-7-17(14)23-12-16/h1-12H,(H,24,25)/b9-8+. The van der Waals surface area contributed by atoms with Crippen LogP contribution in [0.4, 0.5) is 18.9 Å². The molecule has 0 aliphatic rings. The van der Waals surface area contributed by atoms with Gasteiger partial charge < -0.3 is 5.32 Å². The van der Waals surface area contributed by atoms with Gasteiger partial charge in [0, 0.05) is 11.5 Å². The molecule has 1 N–H and O–H groups in total. The summed E-state index contributed by atoms with van der Waals surface area (Å²) in [6, 6.07) is 14.0. The molecule has 0 fully saturated rings. The highest BCUT2D eigenvalue weighted by Crippen LogP contribution is 2.29. The number of carbonyl (C=O) groups excluding carboxylic acids is 1. The maximum Gasteiger partial charge on any atom is 0.416 e. The van der Waals surface area contributed by atoms with Crippen molar-refractivity contribution in [1.29, 1.82) is 0 Å². The van der Waals surface area contributed by atoms with Crippen molar-refractivity contribution in [1.82, 2.24) is 4.98 Å². The second kappa shape index (κ2) is 6.76. The van der Waals surface area contributed by atoms with Gasteiger partial charge in [0.15, 0.2) is 0 Å². The molecule has 1 heterocycles. The average Bonchev–Trinajstić information content (AvgIpc) is 2.59. The van der Waals surface area contributed by atoms with Gasteiger partial charge in [0.05, 0.1) is 23.0 Å². The van der Waals surface area contributed by atoms with Crippen LogP contribution in [0.5, 0.6) is 0 Å². The number of pyridine rings is 1. The first-order valence-corrected chi connectivity index (χ1v) is 7.43. The van der Waals surface area contributed by atoms with Gasteiger partial charge >= 0.3 is 6.18 Å². The Morgan fingerprint density at radius 3 is 2.64 bits per heavy atom. The Hall–Kier alpha value is -3.15. The highest BCUT2D eigenvalue weighted by atomic mass is 19.4. The lowest BCUT2D eigenvalue weighted by Gasteiger charge is -2.06. The van der Waals surface area contributed by atoms with Crippen LogP contribution in [0, 0.1) is 0 Å². The molecule has 3 nitrogen and oxygen atoms in total. The lowest BCUT2D eigenvalue weighted by atomic mass is 10.1. The fraction of sp³-hybridized carbons (Fsp3) is 0.0526. The number of alkyl halides is 3. The Labute approximate surface area is 141 Å². The van der Waals surface area contributed by atoms with Crippen LogP contribution in [0.2, 0.25) is 0 Å². The molecule has 25 heavy (non-hydrogen) atoms. The summed E-state index contributed by atoms with van der Waals surface area (Å²) < 4.78 is 38.0. The number of aromatic nitrogens is 1. The van der Waals surface area contributed by atoms with Crippen LogP contribution in [-0.4, -0.2) is 10.9 Å². The lowest BCUT2D eigenvalue weighted by Crippen LogP contribution is -2.08. The summed E-state index contributed by atoms with van der Waals surface area (Å²) in [5, 5.41) is 3.52. The van der Waals surface area contributed by atoms with E-state index in [0.29, 0.717) is 11.3 Å². The molecule has 6 heteroatoms. The number of amides is 1. The highest BCUT2D eigenvalue weighted by molar-refractivity contribution is 6.02. The van der Waals surface area contributed by atoms with Crippen molar-refractivity contribution in [3.63, 3.8) is 0 Å². The molecule has 1 amide bonds. The predicted molar refractivity (Wildman–Crippen MR) is 90.9 cm³/mol. The SMILES string of the molecule is O=C(/C=C/c1cccc(C(F)(F)F)c1)Nc1cnc2ccccc2c1. The molecule has 0 radical (unpaired) electrons. The maximum atomic E-state index is 12.7. The van der Waals surface area contributed by atoms with E-state index in [1.807, 2.05) is 24.3 Å². The molecule has 0 bridgehead atoms.